The molecule has 0 aliphatic heterocycles. The molecule has 0 saturated carbocycles. The molecule has 0 bridgehead atoms. The summed E-state index contributed by atoms with van der Waals surface area (Å²) in [7, 11) is 1.64. The maximum Gasteiger partial charge on any atom is 0.249 e. The molecule has 0 aromatic heterocycles. The van der Waals surface area contributed by atoms with E-state index in [1.165, 1.54) is 11.1 Å². The molecular weight excluding hydrogens is 174 g/mol. The average Bonchev–Trinajstić information content (AvgIpc) is 2.20. The van der Waals surface area contributed by atoms with Gasteiger partial charge in [-0.25, -0.2) is 6.57 Å². The van der Waals surface area contributed by atoms with Crippen molar-refractivity contribution in [1.29, 1.82) is 0 Å². The minimum Gasteiger partial charge on any atom is -0.496 e. The Morgan fingerprint density at radius 3 is 2.36 bits per heavy atom. The lowest BCUT2D eigenvalue weighted by atomic mass is 10.0. The Bertz CT molecular complexity index is 377. The second-order valence-electron chi connectivity index (χ2n) is 3.48. The van der Waals surface area contributed by atoms with Crippen molar-refractivity contribution in [3.05, 3.63) is 40.2 Å². The third-order valence-corrected chi connectivity index (χ3v) is 2.49. The highest BCUT2D eigenvalue weighted by atomic mass is 16.5. The van der Waals surface area contributed by atoms with Crippen LogP contribution in [0, 0.1) is 20.4 Å². The standard InChI is InChI=1S/C12H15NO/c1-8-6-11(10(3)13-4)12(14-5)7-9(8)2/h6-7,10H,1-3,5H3. The Labute approximate surface area is 85.3 Å². The molecule has 14 heavy (non-hydrogen) atoms. The lowest BCUT2D eigenvalue weighted by Crippen LogP contribution is -1.96. The Balaban J connectivity index is 3.28. The summed E-state index contributed by atoms with van der Waals surface area (Å²) >= 11 is 0. The van der Waals surface area contributed by atoms with E-state index >= 15 is 0 Å². The summed E-state index contributed by atoms with van der Waals surface area (Å²) in [6, 6.07) is 3.90. The minimum atomic E-state index is -0.135. The fourth-order valence-electron chi connectivity index (χ4n) is 1.38. The van der Waals surface area contributed by atoms with Gasteiger partial charge in [-0.15, -0.1) is 0 Å². The quantitative estimate of drug-likeness (QED) is 0.651. The summed E-state index contributed by atoms with van der Waals surface area (Å²) in [6.45, 7) is 13.0. The first-order valence-corrected chi connectivity index (χ1v) is 4.61. The Kier molecular flexibility index (Phi) is 3.14. The first kappa shape index (κ1) is 10.6. The van der Waals surface area contributed by atoms with Gasteiger partial charge >= 0.3 is 0 Å². The maximum absolute atomic E-state index is 7.01. The van der Waals surface area contributed by atoms with Gasteiger partial charge in [-0.2, -0.15) is 0 Å². The highest BCUT2D eigenvalue weighted by Gasteiger charge is 2.15. The van der Waals surface area contributed by atoms with Crippen LogP contribution in [0.3, 0.4) is 0 Å². The number of aryl methyl sites for hydroxylation is 2. The van der Waals surface area contributed by atoms with Crippen molar-refractivity contribution < 1.29 is 4.74 Å². The Morgan fingerprint density at radius 1 is 1.29 bits per heavy atom. The van der Waals surface area contributed by atoms with Crippen LogP contribution in [0.4, 0.5) is 0 Å². The van der Waals surface area contributed by atoms with Gasteiger partial charge in [0.2, 0.25) is 6.04 Å². The minimum absolute atomic E-state index is 0.135. The zero-order chi connectivity index (χ0) is 10.7. The summed E-state index contributed by atoms with van der Waals surface area (Å²) in [5.41, 5.74) is 3.38. The molecule has 1 aromatic rings. The van der Waals surface area contributed by atoms with Crippen molar-refractivity contribution in [2.45, 2.75) is 26.8 Å². The lowest BCUT2D eigenvalue weighted by Gasteiger charge is -2.10. The molecule has 0 radical (unpaired) electrons. The van der Waals surface area contributed by atoms with Crippen molar-refractivity contribution in [3.8, 4) is 5.75 Å². The van der Waals surface area contributed by atoms with Gasteiger partial charge in [-0.3, -0.25) is 0 Å². The van der Waals surface area contributed by atoms with Gasteiger partial charge < -0.3 is 9.58 Å². The van der Waals surface area contributed by atoms with Gasteiger partial charge in [-0.05, 0) is 37.1 Å². The van der Waals surface area contributed by atoms with Crippen molar-refractivity contribution in [3.63, 3.8) is 0 Å². The number of ether oxygens (including phenoxy) is 1. The summed E-state index contributed by atoms with van der Waals surface area (Å²) in [5, 5.41) is 0. The molecule has 74 valence electrons. The van der Waals surface area contributed by atoms with Crippen molar-refractivity contribution in [1.82, 2.24) is 0 Å². The van der Waals surface area contributed by atoms with E-state index in [1.54, 1.807) is 7.11 Å². The van der Waals surface area contributed by atoms with Crippen LogP contribution >= 0.6 is 0 Å². The molecule has 0 saturated heterocycles. The molecule has 2 heteroatoms. The highest BCUT2D eigenvalue weighted by Crippen LogP contribution is 2.30. The van der Waals surface area contributed by atoms with Crippen LogP contribution in [-0.2, 0) is 0 Å². The normalized spacial score (nSPS) is 11.9. The van der Waals surface area contributed by atoms with Crippen LogP contribution in [0.1, 0.15) is 29.7 Å². The second kappa shape index (κ2) is 4.15. The Hall–Kier alpha value is -1.49. The smallest absolute Gasteiger partial charge is 0.249 e. The van der Waals surface area contributed by atoms with E-state index in [4.69, 9.17) is 11.3 Å². The van der Waals surface area contributed by atoms with Crippen LogP contribution in [-0.4, -0.2) is 7.11 Å². The van der Waals surface area contributed by atoms with Crippen LogP contribution in [0.5, 0.6) is 5.75 Å². The van der Waals surface area contributed by atoms with E-state index in [0.717, 1.165) is 11.3 Å². The van der Waals surface area contributed by atoms with E-state index in [9.17, 15) is 0 Å². The van der Waals surface area contributed by atoms with Crippen LogP contribution in [0.25, 0.3) is 4.85 Å². The number of hydrogen-bond donors (Lipinski definition) is 0. The van der Waals surface area contributed by atoms with Gasteiger partial charge in [0.1, 0.15) is 5.75 Å². The van der Waals surface area contributed by atoms with Crippen molar-refractivity contribution in [2.24, 2.45) is 0 Å². The second-order valence-corrected chi connectivity index (χ2v) is 3.48. The van der Waals surface area contributed by atoms with Gasteiger partial charge in [0.25, 0.3) is 0 Å². The topological polar surface area (TPSA) is 13.6 Å². The van der Waals surface area contributed by atoms with Crippen LogP contribution in [0.15, 0.2) is 12.1 Å². The van der Waals surface area contributed by atoms with E-state index in [1.807, 2.05) is 26.0 Å². The van der Waals surface area contributed by atoms with Crippen LogP contribution in [0.2, 0.25) is 0 Å². The van der Waals surface area contributed by atoms with Gasteiger partial charge in [0, 0.05) is 6.92 Å². The van der Waals surface area contributed by atoms with Crippen molar-refractivity contribution >= 4 is 0 Å². The monoisotopic (exact) mass is 189 g/mol. The highest BCUT2D eigenvalue weighted by molar-refractivity contribution is 5.44. The first-order valence-electron chi connectivity index (χ1n) is 4.61. The summed E-state index contributed by atoms with van der Waals surface area (Å²) in [4.78, 5) is 3.51. The van der Waals surface area contributed by atoms with Gasteiger partial charge in [0.05, 0.1) is 12.7 Å². The molecule has 1 aromatic carbocycles. The fraction of sp³-hybridized carbons (Fsp3) is 0.417. The molecule has 1 unspecified atom stereocenters. The SMILES string of the molecule is [C-]#[N+]C(C)c1cc(C)c(C)cc1OC. The molecule has 0 N–H and O–H groups in total. The maximum atomic E-state index is 7.01. The molecule has 0 aliphatic rings. The fourth-order valence-corrected chi connectivity index (χ4v) is 1.38. The zero-order valence-electron chi connectivity index (χ0n) is 9.09. The van der Waals surface area contributed by atoms with E-state index in [2.05, 4.69) is 11.8 Å². The Morgan fingerprint density at radius 2 is 1.86 bits per heavy atom. The molecule has 0 aliphatic carbocycles. The average molecular weight is 189 g/mol. The van der Waals surface area contributed by atoms with Crippen molar-refractivity contribution in [2.75, 3.05) is 7.11 Å². The molecule has 0 amide bonds. The largest absolute Gasteiger partial charge is 0.496 e. The molecule has 0 fully saturated rings. The predicted molar refractivity (Wildman–Crippen MR) is 57.5 cm³/mol. The predicted octanol–water partition coefficient (Wildman–Crippen LogP) is 3.29. The summed E-state index contributed by atoms with van der Waals surface area (Å²) in [6.07, 6.45) is 0. The third kappa shape index (κ3) is 1.88. The van der Waals surface area contributed by atoms with E-state index in [0.29, 0.717) is 0 Å². The number of rotatable bonds is 2. The molecule has 1 atom stereocenters. The zero-order valence-corrected chi connectivity index (χ0v) is 9.09. The van der Waals surface area contributed by atoms with E-state index in [-0.39, 0.29) is 6.04 Å². The first-order chi connectivity index (χ1) is 6.60. The number of benzene rings is 1. The molecular formula is C12H15NO. The number of methoxy groups -OCH3 is 1. The summed E-state index contributed by atoms with van der Waals surface area (Å²) in [5.74, 6) is 0.816. The lowest BCUT2D eigenvalue weighted by molar-refractivity contribution is 0.408. The van der Waals surface area contributed by atoms with Crippen LogP contribution < -0.4 is 4.74 Å². The molecule has 1 rings (SSSR count). The third-order valence-electron chi connectivity index (χ3n) is 2.49. The molecule has 2 nitrogen and oxygen atoms in total. The summed E-state index contributed by atoms with van der Waals surface area (Å²) < 4.78 is 5.26. The molecule has 0 heterocycles. The van der Waals surface area contributed by atoms with E-state index < -0.39 is 0 Å². The number of nitrogens with zero attached hydrogens (tertiary/aromatic N) is 1. The van der Waals surface area contributed by atoms with Gasteiger partial charge in [-0.1, -0.05) is 0 Å². The van der Waals surface area contributed by atoms with Gasteiger partial charge in [0.15, 0.2) is 0 Å². The molecule has 0 spiro atoms. The number of hydrogen-bond acceptors (Lipinski definition) is 1.